The van der Waals surface area contributed by atoms with Gasteiger partial charge in [-0.1, -0.05) is 6.07 Å². The van der Waals surface area contributed by atoms with Gasteiger partial charge in [0.2, 0.25) is 0 Å². The molecule has 2 aromatic rings. The largest absolute Gasteiger partial charge is 0.399 e. The van der Waals surface area contributed by atoms with Gasteiger partial charge in [-0.05, 0) is 43.4 Å². The Bertz CT molecular complexity index is 743. The molecule has 1 unspecified atom stereocenters. The van der Waals surface area contributed by atoms with Crippen LogP contribution in [0.5, 0.6) is 0 Å². The normalized spacial score (nSPS) is 18.6. The third kappa shape index (κ3) is 2.00. The minimum atomic E-state index is -0.529. The highest BCUT2D eigenvalue weighted by atomic mass is 16.5. The summed E-state index contributed by atoms with van der Waals surface area (Å²) in [7, 11) is 0. The van der Waals surface area contributed by atoms with Gasteiger partial charge >= 0.3 is 0 Å². The molecule has 2 N–H and O–H groups in total. The molecular formula is C15H16N2O3. The van der Waals surface area contributed by atoms with E-state index in [1.54, 1.807) is 25.1 Å². The Labute approximate surface area is 116 Å². The number of nitrogen functional groups attached to an aromatic ring is 1. The van der Waals surface area contributed by atoms with Gasteiger partial charge in [0.25, 0.3) is 11.5 Å². The highest BCUT2D eigenvalue weighted by molar-refractivity contribution is 5.94. The molecule has 1 aromatic carbocycles. The van der Waals surface area contributed by atoms with E-state index >= 15 is 0 Å². The third-order valence-electron chi connectivity index (χ3n) is 3.63. The number of hydrogen-bond acceptors (Lipinski definition) is 4. The van der Waals surface area contributed by atoms with Gasteiger partial charge in [0.05, 0.1) is 5.52 Å². The molecule has 0 amide bonds. The third-order valence-corrected chi connectivity index (χ3v) is 3.63. The van der Waals surface area contributed by atoms with Crippen molar-refractivity contribution in [3.8, 4) is 0 Å². The van der Waals surface area contributed by atoms with Crippen molar-refractivity contribution in [2.75, 3.05) is 12.3 Å². The molecule has 1 saturated heterocycles. The Kier molecular flexibility index (Phi) is 3.06. The van der Waals surface area contributed by atoms with Gasteiger partial charge in [-0.15, -0.1) is 0 Å². The van der Waals surface area contributed by atoms with Crippen LogP contribution in [0.15, 0.2) is 29.1 Å². The van der Waals surface area contributed by atoms with Crippen molar-refractivity contribution in [3.63, 3.8) is 0 Å². The highest BCUT2D eigenvalue weighted by Gasteiger charge is 2.27. The minimum Gasteiger partial charge on any atom is -0.399 e. The molecule has 0 saturated carbocycles. The molecule has 1 aromatic heterocycles. The van der Waals surface area contributed by atoms with Crippen molar-refractivity contribution < 1.29 is 9.53 Å². The lowest BCUT2D eigenvalue weighted by molar-refractivity contribution is 0.0555. The van der Waals surface area contributed by atoms with Gasteiger partial charge < -0.3 is 10.5 Å². The van der Waals surface area contributed by atoms with Gasteiger partial charge in [0, 0.05) is 17.9 Å². The first kappa shape index (κ1) is 12.9. The summed E-state index contributed by atoms with van der Waals surface area (Å²) in [5.41, 5.74) is 7.08. The number of aryl methyl sites for hydroxylation is 1. The number of carbonyl (C=O) groups excluding carboxylic acids is 1. The average molecular weight is 272 g/mol. The maximum Gasteiger partial charge on any atom is 0.263 e. The van der Waals surface area contributed by atoms with Crippen LogP contribution in [0, 0.1) is 6.92 Å². The van der Waals surface area contributed by atoms with E-state index in [-0.39, 0.29) is 11.5 Å². The van der Waals surface area contributed by atoms with Crippen molar-refractivity contribution in [1.29, 1.82) is 0 Å². The van der Waals surface area contributed by atoms with Gasteiger partial charge in [-0.25, -0.2) is 4.57 Å². The number of aromatic nitrogens is 1. The zero-order valence-corrected chi connectivity index (χ0v) is 11.3. The topological polar surface area (TPSA) is 74.3 Å². The maximum absolute atomic E-state index is 12.5. The van der Waals surface area contributed by atoms with E-state index in [0.717, 1.165) is 11.8 Å². The second kappa shape index (κ2) is 4.76. The first-order chi connectivity index (χ1) is 9.58. The number of ether oxygens (including phenoxy) is 1. The zero-order valence-electron chi connectivity index (χ0n) is 11.3. The summed E-state index contributed by atoms with van der Waals surface area (Å²) in [5, 5.41) is 0.822. The number of rotatable bonds is 1. The van der Waals surface area contributed by atoms with E-state index in [1.165, 1.54) is 4.57 Å². The average Bonchev–Trinajstić information content (AvgIpc) is 2.94. The first-order valence-electron chi connectivity index (χ1n) is 6.65. The Morgan fingerprint density at radius 1 is 1.40 bits per heavy atom. The number of pyridine rings is 1. The maximum atomic E-state index is 12.5. The zero-order chi connectivity index (χ0) is 14.3. The van der Waals surface area contributed by atoms with E-state index in [0.29, 0.717) is 29.8 Å². The summed E-state index contributed by atoms with van der Waals surface area (Å²) in [4.78, 5) is 24.9. The van der Waals surface area contributed by atoms with E-state index in [2.05, 4.69) is 0 Å². The highest BCUT2D eigenvalue weighted by Crippen LogP contribution is 2.20. The van der Waals surface area contributed by atoms with E-state index in [9.17, 15) is 9.59 Å². The lowest BCUT2D eigenvalue weighted by atomic mass is 10.1. The molecule has 0 aliphatic carbocycles. The minimum absolute atomic E-state index is 0.299. The van der Waals surface area contributed by atoms with Crippen LogP contribution in [0.1, 0.15) is 23.2 Å². The SMILES string of the molecule is Cc1cc2ccc(N)cc2n(C(=O)C2CCCO2)c1=O. The lowest BCUT2D eigenvalue weighted by Crippen LogP contribution is -2.35. The monoisotopic (exact) mass is 272 g/mol. The summed E-state index contributed by atoms with van der Waals surface area (Å²) < 4.78 is 6.61. The van der Waals surface area contributed by atoms with Crippen molar-refractivity contribution in [2.45, 2.75) is 25.9 Å². The molecule has 3 rings (SSSR count). The molecule has 0 spiro atoms. The molecular weight excluding hydrogens is 256 g/mol. The van der Waals surface area contributed by atoms with Crippen molar-refractivity contribution >= 4 is 22.5 Å². The van der Waals surface area contributed by atoms with Crippen LogP contribution >= 0.6 is 0 Å². The molecule has 0 bridgehead atoms. The number of hydrogen-bond donors (Lipinski definition) is 1. The summed E-state index contributed by atoms with van der Waals surface area (Å²) in [6, 6.07) is 7.00. The predicted octanol–water partition coefficient (Wildman–Crippen LogP) is 1.71. The Balaban J connectivity index is 2.26. The second-order valence-corrected chi connectivity index (χ2v) is 5.13. The van der Waals surface area contributed by atoms with E-state index in [1.807, 2.05) is 6.07 Å². The first-order valence-corrected chi connectivity index (χ1v) is 6.65. The van der Waals surface area contributed by atoms with Gasteiger partial charge in [0.1, 0.15) is 6.10 Å². The molecule has 20 heavy (non-hydrogen) atoms. The smallest absolute Gasteiger partial charge is 0.263 e. The second-order valence-electron chi connectivity index (χ2n) is 5.13. The van der Waals surface area contributed by atoms with Gasteiger partial charge in [-0.2, -0.15) is 0 Å². The number of nitrogens with zero attached hydrogens (tertiary/aromatic N) is 1. The quantitative estimate of drug-likeness (QED) is 0.802. The molecule has 5 nitrogen and oxygen atoms in total. The fourth-order valence-corrected chi connectivity index (χ4v) is 2.59. The molecule has 2 heterocycles. The van der Waals surface area contributed by atoms with Crippen LogP contribution in [0.4, 0.5) is 5.69 Å². The summed E-state index contributed by atoms with van der Waals surface area (Å²) in [6.07, 6.45) is 0.971. The van der Waals surface area contributed by atoms with Crippen LogP contribution in [-0.4, -0.2) is 23.2 Å². The predicted molar refractivity (Wildman–Crippen MR) is 77.0 cm³/mol. The standard InChI is InChI=1S/C15H16N2O3/c1-9-7-10-4-5-11(16)8-12(10)17(14(9)18)15(19)13-3-2-6-20-13/h4-5,7-8,13H,2-3,6,16H2,1H3. The number of nitrogens with two attached hydrogens (primary N) is 1. The van der Waals surface area contributed by atoms with Crippen LogP contribution in [0.2, 0.25) is 0 Å². The summed E-state index contributed by atoms with van der Waals surface area (Å²) in [6.45, 7) is 2.27. The molecule has 1 aliphatic heterocycles. The number of carbonyl (C=O) groups is 1. The number of benzene rings is 1. The van der Waals surface area contributed by atoms with Crippen LogP contribution in [0.25, 0.3) is 10.9 Å². The molecule has 0 radical (unpaired) electrons. The van der Waals surface area contributed by atoms with Crippen LogP contribution in [-0.2, 0) is 4.74 Å². The fourth-order valence-electron chi connectivity index (χ4n) is 2.59. The molecule has 1 atom stereocenters. The molecule has 1 aliphatic rings. The molecule has 1 fully saturated rings. The van der Waals surface area contributed by atoms with Crippen molar-refractivity contribution in [3.05, 3.63) is 40.2 Å². The van der Waals surface area contributed by atoms with E-state index in [4.69, 9.17) is 10.5 Å². The Morgan fingerprint density at radius 3 is 2.90 bits per heavy atom. The van der Waals surface area contributed by atoms with Crippen molar-refractivity contribution in [2.24, 2.45) is 0 Å². The van der Waals surface area contributed by atoms with E-state index < -0.39 is 6.10 Å². The molecule has 104 valence electrons. The molecule has 5 heteroatoms. The van der Waals surface area contributed by atoms with Gasteiger partial charge in [-0.3, -0.25) is 9.59 Å². The fraction of sp³-hybridized carbons (Fsp3) is 0.333. The summed E-state index contributed by atoms with van der Waals surface area (Å²) >= 11 is 0. The van der Waals surface area contributed by atoms with Crippen LogP contribution < -0.4 is 11.3 Å². The number of fused-ring (bicyclic) bond motifs is 1. The summed E-state index contributed by atoms with van der Waals surface area (Å²) in [5.74, 6) is -0.299. The Morgan fingerprint density at radius 2 is 2.20 bits per heavy atom. The Hall–Kier alpha value is -2.14. The van der Waals surface area contributed by atoms with Gasteiger partial charge in [0.15, 0.2) is 0 Å². The van der Waals surface area contributed by atoms with Crippen molar-refractivity contribution in [1.82, 2.24) is 4.57 Å². The van der Waals surface area contributed by atoms with Crippen LogP contribution in [0.3, 0.4) is 0 Å². The lowest BCUT2D eigenvalue weighted by Gasteiger charge is -2.14. The number of anilines is 1.